The summed E-state index contributed by atoms with van der Waals surface area (Å²) in [6, 6.07) is 6.03. The molecule has 0 aliphatic heterocycles. The van der Waals surface area contributed by atoms with Gasteiger partial charge in [-0.25, -0.2) is 4.39 Å². The number of rotatable bonds is 2. The van der Waals surface area contributed by atoms with Gasteiger partial charge in [0.15, 0.2) is 0 Å². The molecule has 0 fully saturated rings. The summed E-state index contributed by atoms with van der Waals surface area (Å²) in [7, 11) is 0. The minimum Gasteiger partial charge on any atom is -0.396 e. The van der Waals surface area contributed by atoms with Crippen LogP contribution in [0.2, 0.25) is 0 Å². The first-order chi connectivity index (χ1) is 7.99. The van der Waals surface area contributed by atoms with Crippen molar-refractivity contribution in [2.45, 2.75) is 13.8 Å². The zero-order chi connectivity index (χ0) is 12.6. The molecule has 0 spiro atoms. The predicted octanol–water partition coefficient (Wildman–Crippen LogP) is 3.32. The number of ketones is 1. The second-order valence-electron chi connectivity index (χ2n) is 3.93. The van der Waals surface area contributed by atoms with Gasteiger partial charge >= 0.3 is 0 Å². The fraction of sp³-hybridized carbons (Fsp3) is 0.154. The summed E-state index contributed by atoms with van der Waals surface area (Å²) in [5.41, 5.74) is 6.83. The van der Waals surface area contributed by atoms with Crippen molar-refractivity contribution in [2.75, 3.05) is 5.73 Å². The van der Waals surface area contributed by atoms with E-state index in [9.17, 15) is 9.18 Å². The fourth-order valence-electron chi connectivity index (χ4n) is 1.68. The van der Waals surface area contributed by atoms with Crippen molar-refractivity contribution in [3.63, 3.8) is 0 Å². The molecule has 4 heteroatoms. The van der Waals surface area contributed by atoms with Crippen LogP contribution in [-0.2, 0) is 0 Å². The monoisotopic (exact) mass is 249 g/mol. The second kappa shape index (κ2) is 4.30. The molecule has 2 N–H and O–H groups in total. The Balaban J connectivity index is 2.44. The van der Waals surface area contributed by atoms with Gasteiger partial charge in [0.1, 0.15) is 5.82 Å². The lowest BCUT2D eigenvalue weighted by Gasteiger charge is -2.02. The molecule has 0 unspecified atom stereocenters. The quantitative estimate of drug-likeness (QED) is 0.655. The molecule has 17 heavy (non-hydrogen) atoms. The van der Waals surface area contributed by atoms with Gasteiger partial charge in [-0.1, -0.05) is 0 Å². The van der Waals surface area contributed by atoms with Gasteiger partial charge in [0, 0.05) is 10.4 Å². The molecule has 2 aromatic rings. The molecule has 0 aliphatic rings. The Hall–Kier alpha value is -1.68. The molecule has 0 bridgehead atoms. The second-order valence-corrected chi connectivity index (χ2v) is 5.19. The highest BCUT2D eigenvalue weighted by molar-refractivity contribution is 7.14. The van der Waals surface area contributed by atoms with Crippen LogP contribution in [0.15, 0.2) is 24.3 Å². The molecule has 0 amide bonds. The SMILES string of the molecule is Cc1cc(C)c(C(=O)c2ccc(F)c(N)c2)s1. The van der Waals surface area contributed by atoms with Crippen LogP contribution in [0.5, 0.6) is 0 Å². The Kier molecular flexibility index (Phi) is 2.98. The number of nitrogens with two attached hydrogens (primary N) is 1. The number of hydrogen-bond acceptors (Lipinski definition) is 3. The van der Waals surface area contributed by atoms with Crippen LogP contribution in [0.4, 0.5) is 10.1 Å². The van der Waals surface area contributed by atoms with E-state index in [0.717, 1.165) is 10.4 Å². The van der Waals surface area contributed by atoms with Gasteiger partial charge in [0.05, 0.1) is 10.6 Å². The molecule has 0 saturated carbocycles. The highest BCUT2D eigenvalue weighted by atomic mass is 32.1. The maximum absolute atomic E-state index is 13.0. The topological polar surface area (TPSA) is 43.1 Å². The van der Waals surface area contributed by atoms with Crippen molar-refractivity contribution in [3.8, 4) is 0 Å². The minimum atomic E-state index is -0.499. The lowest BCUT2D eigenvalue weighted by molar-refractivity contribution is 0.104. The minimum absolute atomic E-state index is 0.00165. The smallest absolute Gasteiger partial charge is 0.203 e. The van der Waals surface area contributed by atoms with E-state index in [1.807, 2.05) is 19.9 Å². The molecule has 0 radical (unpaired) electrons. The molecule has 2 rings (SSSR count). The van der Waals surface area contributed by atoms with Crippen LogP contribution >= 0.6 is 11.3 Å². The van der Waals surface area contributed by atoms with Crippen LogP contribution in [0.3, 0.4) is 0 Å². The average Bonchev–Trinajstić information content (AvgIpc) is 2.61. The fourth-order valence-corrected chi connectivity index (χ4v) is 2.67. The van der Waals surface area contributed by atoms with E-state index in [1.165, 1.54) is 29.5 Å². The standard InChI is InChI=1S/C13H12FNOS/c1-7-5-8(2)17-13(7)12(16)9-3-4-10(14)11(15)6-9/h3-6H,15H2,1-2H3. The Morgan fingerprint density at radius 2 is 2.00 bits per heavy atom. The van der Waals surface area contributed by atoms with E-state index in [2.05, 4.69) is 0 Å². The first-order valence-electron chi connectivity index (χ1n) is 5.16. The van der Waals surface area contributed by atoms with E-state index in [4.69, 9.17) is 5.73 Å². The van der Waals surface area contributed by atoms with Crippen molar-refractivity contribution in [3.05, 3.63) is 51.0 Å². The van der Waals surface area contributed by atoms with Crippen molar-refractivity contribution in [1.29, 1.82) is 0 Å². The van der Waals surface area contributed by atoms with Gasteiger partial charge in [0.25, 0.3) is 0 Å². The van der Waals surface area contributed by atoms with E-state index < -0.39 is 5.82 Å². The Bertz CT molecular complexity index is 589. The third-order valence-electron chi connectivity index (χ3n) is 2.51. The summed E-state index contributed by atoms with van der Waals surface area (Å²) < 4.78 is 13.0. The number of thiophene rings is 1. The number of aryl methyl sites for hydroxylation is 2. The van der Waals surface area contributed by atoms with Crippen molar-refractivity contribution in [1.82, 2.24) is 0 Å². The molecule has 88 valence electrons. The van der Waals surface area contributed by atoms with Crippen LogP contribution in [-0.4, -0.2) is 5.78 Å². The van der Waals surface area contributed by atoms with E-state index in [0.29, 0.717) is 10.4 Å². The molecule has 1 heterocycles. The molecular formula is C13H12FNOS. The van der Waals surface area contributed by atoms with Crippen LogP contribution in [0.1, 0.15) is 25.7 Å². The molecule has 1 aromatic carbocycles. The third-order valence-corrected chi connectivity index (χ3v) is 3.66. The summed E-state index contributed by atoms with van der Waals surface area (Å²) >= 11 is 1.44. The van der Waals surface area contributed by atoms with Crippen molar-refractivity contribution >= 4 is 22.8 Å². The number of nitrogen functional groups attached to an aromatic ring is 1. The Morgan fingerprint density at radius 3 is 2.53 bits per heavy atom. The van der Waals surface area contributed by atoms with E-state index in [-0.39, 0.29) is 11.5 Å². The van der Waals surface area contributed by atoms with Gasteiger partial charge < -0.3 is 5.73 Å². The van der Waals surface area contributed by atoms with E-state index >= 15 is 0 Å². The number of halogens is 1. The zero-order valence-corrected chi connectivity index (χ0v) is 10.4. The van der Waals surface area contributed by atoms with Gasteiger partial charge in [-0.05, 0) is 43.7 Å². The summed E-state index contributed by atoms with van der Waals surface area (Å²) in [5, 5.41) is 0. The van der Waals surface area contributed by atoms with Gasteiger partial charge in [-0.3, -0.25) is 4.79 Å². The lowest BCUT2D eigenvalue weighted by Crippen LogP contribution is -2.02. The Labute approximate surface area is 103 Å². The molecule has 0 atom stereocenters. The van der Waals surface area contributed by atoms with Crippen molar-refractivity contribution in [2.24, 2.45) is 0 Å². The molecule has 0 saturated heterocycles. The summed E-state index contributed by atoms with van der Waals surface area (Å²) in [6.07, 6.45) is 0. The number of carbonyl (C=O) groups excluding carboxylic acids is 1. The summed E-state index contributed by atoms with van der Waals surface area (Å²) in [4.78, 5) is 13.9. The zero-order valence-electron chi connectivity index (χ0n) is 9.58. The van der Waals surface area contributed by atoms with Crippen LogP contribution in [0, 0.1) is 19.7 Å². The number of carbonyl (C=O) groups is 1. The molecule has 1 aromatic heterocycles. The molecule has 2 nitrogen and oxygen atoms in total. The number of anilines is 1. The number of hydrogen-bond donors (Lipinski definition) is 1. The van der Waals surface area contributed by atoms with Crippen LogP contribution in [0.25, 0.3) is 0 Å². The largest absolute Gasteiger partial charge is 0.396 e. The van der Waals surface area contributed by atoms with Gasteiger partial charge in [0.2, 0.25) is 5.78 Å². The normalized spacial score (nSPS) is 10.5. The first kappa shape index (κ1) is 11.8. The van der Waals surface area contributed by atoms with E-state index in [1.54, 1.807) is 0 Å². The molecular weight excluding hydrogens is 237 g/mol. The highest BCUT2D eigenvalue weighted by Crippen LogP contribution is 2.25. The van der Waals surface area contributed by atoms with Crippen molar-refractivity contribution < 1.29 is 9.18 Å². The predicted molar refractivity (Wildman–Crippen MR) is 68.0 cm³/mol. The molecule has 0 aliphatic carbocycles. The number of benzene rings is 1. The summed E-state index contributed by atoms with van der Waals surface area (Å²) in [6.45, 7) is 3.84. The maximum atomic E-state index is 13.0. The third kappa shape index (κ3) is 2.22. The van der Waals surface area contributed by atoms with Crippen LogP contribution < -0.4 is 5.73 Å². The van der Waals surface area contributed by atoms with Gasteiger partial charge in [-0.2, -0.15) is 0 Å². The summed E-state index contributed by atoms with van der Waals surface area (Å²) in [5.74, 6) is -0.604. The highest BCUT2D eigenvalue weighted by Gasteiger charge is 2.15. The lowest BCUT2D eigenvalue weighted by atomic mass is 10.1. The Morgan fingerprint density at radius 1 is 1.29 bits per heavy atom. The van der Waals surface area contributed by atoms with Gasteiger partial charge in [-0.15, -0.1) is 11.3 Å². The maximum Gasteiger partial charge on any atom is 0.203 e. The first-order valence-corrected chi connectivity index (χ1v) is 5.97. The average molecular weight is 249 g/mol.